The molecule has 0 radical (unpaired) electrons. The molecule has 10 nitrogen and oxygen atoms in total. The monoisotopic (exact) mass is 471 g/mol. The van der Waals surface area contributed by atoms with Gasteiger partial charge in [-0.2, -0.15) is 5.11 Å². The third kappa shape index (κ3) is 3.07. The molecule has 5 rings (SSSR count). The van der Waals surface area contributed by atoms with E-state index in [0.29, 0.717) is 22.9 Å². The van der Waals surface area contributed by atoms with Crippen molar-refractivity contribution >= 4 is 45.0 Å². The van der Waals surface area contributed by atoms with Crippen LogP contribution in [-0.4, -0.2) is 48.2 Å². The molecule has 0 bridgehead atoms. The van der Waals surface area contributed by atoms with Crippen LogP contribution in [0.2, 0.25) is 0 Å². The molecule has 3 aliphatic rings. The van der Waals surface area contributed by atoms with Crippen LogP contribution in [-0.2, 0) is 14.4 Å². The number of hydrogen-bond donors (Lipinski definition) is 1. The molecule has 1 fully saturated rings. The molecule has 3 heterocycles. The van der Waals surface area contributed by atoms with Crippen LogP contribution < -0.4 is 19.7 Å². The Bertz CT molecular complexity index is 1090. The second-order valence-corrected chi connectivity index (χ2v) is 7.71. The largest absolute Gasteiger partial charge is 0.454 e. The Kier molecular flexibility index (Phi) is 4.39. The van der Waals surface area contributed by atoms with Gasteiger partial charge in [-0.15, -0.1) is 0 Å². The first-order valence-electron chi connectivity index (χ1n) is 9.01. The quantitative estimate of drug-likeness (QED) is 0.683. The second kappa shape index (κ2) is 7.10. The van der Waals surface area contributed by atoms with Crippen LogP contribution in [0.4, 0.5) is 11.4 Å². The molecule has 152 valence electrons. The number of rotatable bonds is 4. The summed E-state index contributed by atoms with van der Waals surface area (Å²) in [5.41, 5.74) is 0.963. The number of hydrogen-bond acceptors (Lipinski definition) is 8. The van der Waals surface area contributed by atoms with E-state index in [1.54, 1.807) is 42.5 Å². The molecule has 0 aromatic heterocycles. The second-order valence-electron chi connectivity index (χ2n) is 6.80. The molecular formula is C19H14BrN5O5. The lowest BCUT2D eigenvalue weighted by Gasteiger charge is -2.20. The Morgan fingerprint density at radius 3 is 2.67 bits per heavy atom. The zero-order chi connectivity index (χ0) is 20.8. The molecule has 2 aromatic carbocycles. The number of nitrogens with zero attached hydrogens (tertiary/aromatic N) is 4. The number of benzene rings is 2. The van der Waals surface area contributed by atoms with E-state index in [1.807, 2.05) is 0 Å². The molecule has 3 amide bonds. The van der Waals surface area contributed by atoms with Crippen molar-refractivity contribution in [2.75, 3.05) is 23.6 Å². The maximum atomic E-state index is 12.9. The summed E-state index contributed by atoms with van der Waals surface area (Å²) in [6.45, 7) is -0.0960. The van der Waals surface area contributed by atoms with Crippen LogP contribution in [0.5, 0.6) is 11.5 Å². The molecule has 2 atom stereocenters. The van der Waals surface area contributed by atoms with Gasteiger partial charge in [0, 0.05) is 16.2 Å². The molecule has 0 saturated carbocycles. The van der Waals surface area contributed by atoms with Crippen LogP contribution in [0, 0.1) is 0 Å². The summed E-state index contributed by atoms with van der Waals surface area (Å²) in [7, 11) is 0. The Balaban J connectivity index is 1.29. The predicted molar refractivity (Wildman–Crippen MR) is 107 cm³/mol. The van der Waals surface area contributed by atoms with Crippen molar-refractivity contribution in [2.24, 2.45) is 10.3 Å². The molecular weight excluding hydrogens is 458 g/mol. The van der Waals surface area contributed by atoms with E-state index in [-0.39, 0.29) is 13.3 Å². The number of fused-ring (bicyclic) bond motifs is 2. The molecule has 2 aromatic rings. The van der Waals surface area contributed by atoms with E-state index < -0.39 is 29.8 Å². The molecule has 3 aliphatic heterocycles. The number of amides is 3. The number of anilines is 2. The lowest BCUT2D eigenvalue weighted by molar-refractivity contribution is -0.123. The van der Waals surface area contributed by atoms with Gasteiger partial charge in [0.05, 0.1) is 5.69 Å². The summed E-state index contributed by atoms with van der Waals surface area (Å²) in [6, 6.07) is 9.92. The maximum absolute atomic E-state index is 12.9. The van der Waals surface area contributed by atoms with Crippen LogP contribution in [0.15, 0.2) is 57.3 Å². The fourth-order valence-corrected chi connectivity index (χ4v) is 3.78. The molecule has 0 unspecified atom stereocenters. The smallest absolute Gasteiger partial charge is 0.263 e. The lowest BCUT2D eigenvalue weighted by atomic mass is 10.1. The van der Waals surface area contributed by atoms with E-state index in [2.05, 4.69) is 31.6 Å². The SMILES string of the molecule is O=C(CN1N=N[C@H]2C(=O)N(c3ccc(Br)cc3)C(=O)[C@H]21)Nc1ccc2c(c1)OCO2. The maximum Gasteiger partial charge on any atom is 0.263 e. The normalized spacial score (nSPS) is 21.4. The molecule has 0 spiro atoms. The minimum atomic E-state index is -0.959. The Hall–Kier alpha value is -3.47. The van der Waals surface area contributed by atoms with E-state index in [9.17, 15) is 14.4 Å². The van der Waals surface area contributed by atoms with Crippen molar-refractivity contribution in [3.8, 4) is 11.5 Å². The number of halogens is 1. The fraction of sp³-hybridized carbons (Fsp3) is 0.211. The summed E-state index contributed by atoms with van der Waals surface area (Å²) >= 11 is 3.32. The topological polar surface area (TPSA) is 113 Å². The first-order chi connectivity index (χ1) is 14.5. The average molecular weight is 472 g/mol. The zero-order valence-electron chi connectivity index (χ0n) is 15.3. The number of carbonyl (C=O) groups is 3. The minimum Gasteiger partial charge on any atom is -0.454 e. The fourth-order valence-electron chi connectivity index (χ4n) is 3.52. The van der Waals surface area contributed by atoms with Crippen LogP contribution in [0.25, 0.3) is 0 Å². The third-order valence-corrected chi connectivity index (χ3v) is 5.43. The van der Waals surface area contributed by atoms with Gasteiger partial charge in [0.25, 0.3) is 11.8 Å². The zero-order valence-corrected chi connectivity index (χ0v) is 16.9. The van der Waals surface area contributed by atoms with E-state index in [0.717, 1.165) is 9.37 Å². The predicted octanol–water partition coefficient (Wildman–Crippen LogP) is 2.11. The summed E-state index contributed by atoms with van der Waals surface area (Å²) in [5, 5.41) is 11.8. The Labute approximate surface area is 178 Å². The van der Waals surface area contributed by atoms with Crippen molar-refractivity contribution in [3.05, 3.63) is 46.9 Å². The minimum absolute atomic E-state index is 0.134. The molecule has 0 aliphatic carbocycles. The van der Waals surface area contributed by atoms with Crippen molar-refractivity contribution in [3.63, 3.8) is 0 Å². The van der Waals surface area contributed by atoms with E-state index >= 15 is 0 Å². The number of imide groups is 1. The Morgan fingerprint density at radius 2 is 1.87 bits per heavy atom. The molecule has 11 heteroatoms. The number of carbonyl (C=O) groups excluding carboxylic acids is 3. The number of ether oxygens (including phenoxy) is 2. The summed E-state index contributed by atoms with van der Waals surface area (Å²) in [6.07, 6.45) is 0. The number of nitrogens with one attached hydrogen (secondary N) is 1. The first kappa shape index (κ1) is 18.6. The third-order valence-electron chi connectivity index (χ3n) is 4.90. The summed E-state index contributed by atoms with van der Waals surface area (Å²) in [4.78, 5) is 39.2. The highest BCUT2D eigenvalue weighted by atomic mass is 79.9. The summed E-state index contributed by atoms with van der Waals surface area (Å²) < 4.78 is 11.4. The van der Waals surface area contributed by atoms with Crippen molar-refractivity contribution < 1.29 is 23.9 Å². The van der Waals surface area contributed by atoms with Gasteiger partial charge in [0.15, 0.2) is 23.6 Å². The van der Waals surface area contributed by atoms with Gasteiger partial charge < -0.3 is 14.8 Å². The van der Waals surface area contributed by atoms with Crippen molar-refractivity contribution in [2.45, 2.75) is 12.1 Å². The Morgan fingerprint density at radius 1 is 1.10 bits per heavy atom. The molecule has 1 N–H and O–H groups in total. The van der Waals surface area contributed by atoms with Crippen molar-refractivity contribution in [1.29, 1.82) is 0 Å². The van der Waals surface area contributed by atoms with E-state index in [1.165, 1.54) is 5.01 Å². The lowest BCUT2D eigenvalue weighted by Crippen LogP contribution is -2.43. The van der Waals surface area contributed by atoms with Gasteiger partial charge in [-0.25, -0.2) is 4.90 Å². The van der Waals surface area contributed by atoms with Gasteiger partial charge in [-0.3, -0.25) is 19.4 Å². The highest BCUT2D eigenvalue weighted by molar-refractivity contribution is 9.10. The van der Waals surface area contributed by atoms with Gasteiger partial charge in [-0.05, 0) is 36.4 Å². The highest BCUT2D eigenvalue weighted by Crippen LogP contribution is 2.35. The highest BCUT2D eigenvalue weighted by Gasteiger charge is 2.55. The standard InChI is InChI=1S/C19H14BrN5O5/c20-10-1-4-12(5-2-10)25-18(27)16-17(19(25)28)24(23-22-16)8-15(26)21-11-3-6-13-14(7-11)30-9-29-13/h1-7,16-17H,8-9H2,(H,21,26)/t16-,17+/m1/s1. The average Bonchev–Trinajstić information content (AvgIpc) is 3.41. The molecule has 1 saturated heterocycles. The van der Waals surface area contributed by atoms with Gasteiger partial charge >= 0.3 is 0 Å². The van der Waals surface area contributed by atoms with Crippen molar-refractivity contribution in [1.82, 2.24) is 5.01 Å². The van der Waals surface area contributed by atoms with Gasteiger partial charge in [0.1, 0.15) is 6.54 Å². The van der Waals surface area contributed by atoms with E-state index in [4.69, 9.17) is 9.47 Å². The molecule has 30 heavy (non-hydrogen) atoms. The van der Waals surface area contributed by atoms with Gasteiger partial charge in [0.2, 0.25) is 12.7 Å². The van der Waals surface area contributed by atoms with Gasteiger partial charge in [-0.1, -0.05) is 21.2 Å². The summed E-state index contributed by atoms with van der Waals surface area (Å²) in [5.74, 6) is -0.193. The van der Waals surface area contributed by atoms with Crippen LogP contribution in [0.3, 0.4) is 0 Å². The van der Waals surface area contributed by atoms with Crippen LogP contribution in [0.1, 0.15) is 0 Å². The first-order valence-corrected chi connectivity index (χ1v) is 9.81. The van der Waals surface area contributed by atoms with Crippen LogP contribution >= 0.6 is 15.9 Å².